The van der Waals surface area contributed by atoms with E-state index in [4.69, 9.17) is 6.42 Å². The van der Waals surface area contributed by atoms with Crippen molar-refractivity contribution in [1.82, 2.24) is 9.88 Å². The lowest BCUT2D eigenvalue weighted by atomic mass is 10.1. The summed E-state index contributed by atoms with van der Waals surface area (Å²) in [6, 6.07) is 8.52. The number of benzene rings is 1. The Morgan fingerprint density at radius 2 is 2.11 bits per heavy atom. The Morgan fingerprint density at radius 1 is 1.26 bits per heavy atom. The molecule has 0 aliphatic rings. The van der Waals surface area contributed by atoms with E-state index in [9.17, 15) is 0 Å². The zero-order valence-corrected chi connectivity index (χ0v) is 11.7. The van der Waals surface area contributed by atoms with Crippen molar-refractivity contribution in [2.75, 3.05) is 13.1 Å². The van der Waals surface area contributed by atoms with Crippen molar-refractivity contribution in [1.29, 1.82) is 0 Å². The summed E-state index contributed by atoms with van der Waals surface area (Å²) >= 11 is 0. The Morgan fingerprint density at radius 3 is 2.89 bits per heavy atom. The van der Waals surface area contributed by atoms with Gasteiger partial charge in [-0.25, -0.2) is 0 Å². The van der Waals surface area contributed by atoms with E-state index in [1.807, 2.05) is 0 Å². The fraction of sp³-hybridized carbons (Fsp3) is 0.412. The van der Waals surface area contributed by atoms with E-state index in [0.29, 0.717) is 6.54 Å². The van der Waals surface area contributed by atoms with Crippen LogP contribution in [0.1, 0.15) is 25.3 Å². The molecule has 1 aromatic heterocycles. The number of para-hydroxylation sites is 1. The lowest BCUT2D eigenvalue weighted by Crippen LogP contribution is -2.13. The standard InChI is InChI=1S/C17H22N2/c1-3-13-19-14-15(9-7-8-12-18-4-2)16-10-5-6-11-17(16)19/h1,5-6,10-11,14,18H,4,7-9,12-13H2,2H3. The summed E-state index contributed by atoms with van der Waals surface area (Å²) in [5.74, 6) is 2.73. The number of nitrogens with zero attached hydrogens (tertiary/aromatic N) is 1. The van der Waals surface area contributed by atoms with E-state index >= 15 is 0 Å². The van der Waals surface area contributed by atoms with Gasteiger partial charge in [0.2, 0.25) is 0 Å². The molecule has 0 radical (unpaired) electrons. The average Bonchev–Trinajstić information content (AvgIpc) is 2.78. The molecule has 0 aliphatic heterocycles. The number of hydrogen-bond acceptors (Lipinski definition) is 1. The molecule has 0 atom stereocenters. The van der Waals surface area contributed by atoms with Crippen LogP contribution in [0.5, 0.6) is 0 Å². The van der Waals surface area contributed by atoms with Crippen LogP contribution in [0.15, 0.2) is 30.5 Å². The van der Waals surface area contributed by atoms with E-state index in [1.54, 1.807) is 0 Å². The Balaban J connectivity index is 2.08. The monoisotopic (exact) mass is 254 g/mol. The lowest BCUT2D eigenvalue weighted by Gasteiger charge is -2.01. The number of nitrogens with one attached hydrogen (secondary N) is 1. The van der Waals surface area contributed by atoms with E-state index in [-0.39, 0.29) is 0 Å². The minimum Gasteiger partial charge on any atom is -0.336 e. The molecule has 0 spiro atoms. The Bertz CT molecular complexity index is 560. The second kappa shape index (κ2) is 7.01. The maximum atomic E-state index is 5.44. The molecule has 19 heavy (non-hydrogen) atoms. The molecule has 1 heterocycles. The smallest absolute Gasteiger partial charge is 0.0835 e. The number of aryl methyl sites for hydroxylation is 1. The van der Waals surface area contributed by atoms with Crippen LogP contribution in [0.4, 0.5) is 0 Å². The maximum Gasteiger partial charge on any atom is 0.0835 e. The van der Waals surface area contributed by atoms with Gasteiger partial charge in [0.1, 0.15) is 0 Å². The van der Waals surface area contributed by atoms with Crippen LogP contribution < -0.4 is 5.32 Å². The van der Waals surface area contributed by atoms with Gasteiger partial charge in [-0.2, -0.15) is 0 Å². The highest BCUT2D eigenvalue weighted by Gasteiger charge is 2.06. The largest absolute Gasteiger partial charge is 0.336 e. The number of terminal acetylenes is 1. The van der Waals surface area contributed by atoms with Gasteiger partial charge in [-0.15, -0.1) is 6.42 Å². The predicted molar refractivity (Wildman–Crippen MR) is 82.3 cm³/mol. The van der Waals surface area contributed by atoms with E-state index < -0.39 is 0 Å². The normalized spacial score (nSPS) is 10.7. The summed E-state index contributed by atoms with van der Waals surface area (Å²) in [4.78, 5) is 0. The molecule has 2 nitrogen and oxygen atoms in total. The van der Waals surface area contributed by atoms with Crippen LogP contribution in [0.3, 0.4) is 0 Å². The Kier molecular flexibility index (Phi) is 5.06. The van der Waals surface area contributed by atoms with Gasteiger partial charge in [-0.3, -0.25) is 0 Å². The fourth-order valence-corrected chi connectivity index (χ4v) is 2.49. The van der Waals surface area contributed by atoms with Crippen LogP contribution in [0.25, 0.3) is 10.9 Å². The molecule has 0 aliphatic carbocycles. The van der Waals surface area contributed by atoms with Crippen LogP contribution >= 0.6 is 0 Å². The van der Waals surface area contributed by atoms with Crippen LogP contribution in [0, 0.1) is 12.3 Å². The molecule has 1 N–H and O–H groups in total. The molecule has 100 valence electrons. The van der Waals surface area contributed by atoms with Gasteiger partial charge in [0, 0.05) is 17.1 Å². The van der Waals surface area contributed by atoms with E-state index in [1.165, 1.54) is 29.3 Å². The van der Waals surface area contributed by atoms with E-state index in [0.717, 1.165) is 19.5 Å². The molecule has 0 saturated carbocycles. The molecule has 0 saturated heterocycles. The molecular formula is C17H22N2. The van der Waals surface area contributed by atoms with Crippen molar-refractivity contribution in [3.05, 3.63) is 36.0 Å². The highest BCUT2D eigenvalue weighted by atomic mass is 14.9. The molecule has 2 rings (SSSR count). The number of hydrogen-bond donors (Lipinski definition) is 1. The summed E-state index contributed by atoms with van der Waals surface area (Å²) in [6.45, 7) is 4.96. The fourth-order valence-electron chi connectivity index (χ4n) is 2.49. The summed E-state index contributed by atoms with van der Waals surface area (Å²) < 4.78 is 2.18. The average molecular weight is 254 g/mol. The van der Waals surface area contributed by atoms with Crippen LogP contribution in [-0.2, 0) is 13.0 Å². The highest BCUT2D eigenvalue weighted by molar-refractivity contribution is 5.84. The first-order valence-electron chi connectivity index (χ1n) is 7.07. The first kappa shape index (κ1) is 13.7. The van der Waals surface area contributed by atoms with Crippen molar-refractivity contribution in [3.8, 4) is 12.3 Å². The zero-order chi connectivity index (χ0) is 13.5. The molecule has 2 aromatic rings. The van der Waals surface area contributed by atoms with Crippen molar-refractivity contribution in [3.63, 3.8) is 0 Å². The highest BCUT2D eigenvalue weighted by Crippen LogP contribution is 2.22. The van der Waals surface area contributed by atoms with Gasteiger partial charge in [0.15, 0.2) is 0 Å². The molecular weight excluding hydrogens is 232 g/mol. The summed E-state index contributed by atoms with van der Waals surface area (Å²) in [5.41, 5.74) is 2.67. The molecule has 0 fully saturated rings. The van der Waals surface area contributed by atoms with Gasteiger partial charge < -0.3 is 9.88 Å². The van der Waals surface area contributed by atoms with Crippen molar-refractivity contribution < 1.29 is 0 Å². The third kappa shape index (κ3) is 3.39. The Labute approximate surface area is 115 Å². The SMILES string of the molecule is C#CCn1cc(CCCCNCC)c2ccccc21. The van der Waals surface area contributed by atoms with Gasteiger partial charge in [0.05, 0.1) is 6.54 Å². The third-order valence-corrected chi connectivity index (χ3v) is 3.43. The summed E-state index contributed by atoms with van der Waals surface area (Å²) in [7, 11) is 0. The predicted octanol–water partition coefficient (Wildman–Crippen LogP) is 3.21. The second-order valence-corrected chi connectivity index (χ2v) is 4.81. The van der Waals surface area contributed by atoms with Crippen molar-refractivity contribution in [2.24, 2.45) is 0 Å². The number of rotatable bonds is 7. The first-order valence-corrected chi connectivity index (χ1v) is 7.07. The topological polar surface area (TPSA) is 17.0 Å². The van der Waals surface area contributed by atoms with Gasteiger partial charge in [-0.05, 0) is 44.0 Å². The minimum absolute atomic E-state index is 0.651. The summed E-state index contributed by atoms with van der Waals surface area (Å²) in [6.07, 6.45) is 11.2. The summed E-state index contributed by atoms with van der Waals surface area (Å²) in [5, 5.41) is 4.71. The maximum absolute atomic E-state index is 5.44. The molecule has 2 heteroatoms. The van der Waals surface area contributed by atoms with Gasteiger partial charge >= 0.3 is 0 Å². The van der Waals surface area contributed by atoms with E-state index in [2.05, 4.69) is 53.2 Å². The van der Waals surface area contributed by atoms with Crippen molar-refractivity contribution in [2.45, 2.75) is 32.7 Å². The molecule has 0 bridgehead atoms. The van der Waals surface area contributed by atoms with Crippen LogP contribution in [-0.4, -0.2) is 17.7 Å². The molecule has 0 unspecified atom stereocenters. The molecule has 1 aromatic carbocycles. The van der Waals surface area contributed by atoms with Crippen molar-refractivity contribution >= 4 is 10.9 Å². The zero-order valence-electron chi connectivity index (χ0n) is 11.7. The quantitative estimate of drug-likeness (QED) is 0.593. The second-order valence-electron chi connectivity index (χ2n) is 4.81. The van der Waals surface area contributed by atoms with Gasteiger partial charge in [-0.1, -0.05) is 31.0 Å². The number of aromatic nitrogens is 1. The number of unbranched alkanes of at least 4 members (excludes halogenated alkanes) is 1. The molecule has 0 amide bonds. The lowest BCUT2D eigenvalue weighted by molar-refractivity contribution is 0.641. The third-order valence-electron chi connectivity index (χ3n) is 3.43. The number of fused-ring (bicyclic) bond motifs is 1. The van der Waals surface area contributed by atoms with Gasteiger partial charge in [0.25, 0.3) is 0 Å². The first-order chi connectivity index (χ1) is 9.36. The van der Waals surface area contributed by atoms with Crippen LogP contribution in [0.2, 0.25) is 0 Å². The minimum atomic E-state index is 0.651. The Hall–Kier alpha value is -1.72.